The van der Waals surface area contributed by atoms with Crippen molar-refractivity contribution in [1.82, 2.24) is 5.32 Å². The van der Waals surface area contributed by atoms with E-state index < -0.39 is 12.1 Å². The molecule has 0 saturated heterocycles. The van der Waals surface area contributed by atoms with Crippen molar-refractivity contribution in [2.75, 3.05) is 21.3 Å². The van der Waals surface area contributed by atoms with Gasteiger partial charge in [-0.15, -0.1) is 0 Å². The SMILES string of the molecule is COc1cc(CNC(=O)C(F)(F)F)cc(OC)c1OC. The second kappa shape index (κ2) is 6.36. The standard InChI is InChI=1S/C12H14F3NO4/c1-18-8-4-7(5-9(19-2)10(8)20-3)6-16-11(17)12(13,14)15/h4-5H,6H2,1-3H3,(H,16,17). The lowest BCUT2D eigenvalue weighted by Gasteiger charge is -2.14. The summed E-state index contributed by atoms with van der Waals surface area (Å²) in [6, 6.07) is 2.91. The van der Waals surface area contributed by atoms with Gasteiger partial charge in [-0.2, -0.15) is 13.2 Å². The highest BCUT2D eigenvalue weighted by Crippen LogP contribution is 2.38. The van der Waals surface area contributed by atoms with E-state index in [2.05, 4.69) is 0 Å². The molecule has 0 atom stereocenters. The molecule has 0 aromatic heterocycles. The summed E-state index contributed by atoms with van der Waals surface area (Å²) in [5, 5.41) is 1.76. The van der Waals surface area contributed by atoms with Crippen LogP contribution < -0.4 is 19.5 Å². The van der Waals surface area contributed by atoms with Crippen LogP contribution in [0.5, 0.6) is 17.2 Å². The van der Waals surface area contributed by atoms with E-state index in [0.717, 1.165) is 0 Å². The molecule has 0 aliphatic rings. The fraction of sp³-hybridized carbons (Fsp3) is 0.417. The van der Waals surface area contributed by atoms with E-state index in [-0.39, 0.29) is 6.54 Å². The number of carbonyl (C=O) groups excluding carboxylic acids is 1. The number of ether oxygens (including phenoxy) is 3. The Balaban J connectivity index is 2.94. The van der Waals surface area contributed by atoms with Gasteiger partial charge in [0, 0.05) is 6.54 Å². The number of alkyl halides is 3. The predicted molar refractivity (Wildman–Crippen MR) is 64.0 cm³/mol. The van der Waals surface area contributed by atoms with Crippen molar-refractivity contribution in [2.24, 2.45) is 0 Å². The number of halogens is 3. The number of amides is 1. The summed E-state index contributed by atoms with van der Waals surface area (Å²) >= 11 is 0. The lowest BCUT2D eigenvalue weighted by molar-refractivity contribution is -0.173. The Morgan fingerprint density at radius 2 is 1.60 bits per heavy atom. The Hall–Kier alpha value is -2.12. The Kier molecular flexibility index (Phi) is 5.06. The number of carbonyl (C=O) groups is 1. The minimum absolute atomic E-state index is 0.295. The van der Waals surface area contributed by atoms with Gasteiger partial charge in [-0.1, -0.05) is 0 Å². The highest BCUT2D eigenvalue weighted by atomic mass is 19.4. The van der Waals surface area contributed by atoms with Crippen molar-refractivity contribution < 1.29 is 32.2 Å². The van der Waals surface area contributed by atoms with Crippen molar-refractivity contribution in [3.63, 3.8) is 0 Å². The molecular formula is C12H14F3NO4. The monoisotopic (exact) mass is 293 g/mol. The molecule has 0 saturated carbocycles. The van der Waals surface area contributed by atoms with Crippen LogP contribution in [0.15, 0.2) is 12.1 Å². The van der Waals surface area contributed by atoms with E-state index in [1.807, 2.05) is 0 Å². The van der Waals surface area contributed by atoms with E-state index in [4.69, 9.17) is 14.2 Å². The maximum absolute atomic E-state index is 12.1. The van der Waals surface area contributed by atoms with Gasteiger partial charge in [0.05, 0.1) is 21.3 Å². The topological polar surface area (TPSA) is 56.8 Å². The van der Waals surface area contributed by atoms with Gasteiger partial charge >= 0.3 is 12.1 Å². The number of methoxy groups -OCH3 is 3. The maximum atomic E-state index is 12.1. The van der Waals surface area contributed by atoms with Crippen molar-refractivity contribution in [3.05, 3.63) is 17.7 Å². The van der Waals surface area contributed by atoms with Crippen LogP contribution in [0, 0.1) is 0 Å². The third kappa shape index (κ3) is 3.69. The van der Waals surface area contributed by atoms with Gasteiger partial charge in [0.2, 0.25) is 5.75 Å². The Morgan fingerprint density at radius 1 is 1.10 bits per heavy atom. The molecule has 20 heavy (non-hydrogen) atoms. The van der Waals surface area contributed by atoms with Crippen LogP contribution in [-0.4, -0.2) is 33.4 Å². The van der Waals surface area contributed by atoms with Crippen molar-refractivity contribution in [3.8, 4) is 17.2 Å². The van der Waals surface area contributed by atoms with E-state index in [9.17, 15) is 18.0 Å². The molecule has 0 aliphatic carbocycles. The molecule has 5 nitrogen and oxygen atoms in total. The number of hydrogen-bond acceptors (Lipinski definition) is 4. The van der Waals surface area contributed by atoms with Crippen LogP contribution in [0.25, 0.3) is 0 Å². The molecule has 1 amide bonds. The normalized spacial score (nSPS) is 10.9. The average Bonchev–Trinajstić information content (AvgIpc) is 2.42. The molecule has 0 bridgehead atoms. The molecular weight excluding hydrogens is 279 g/mol. The van der Waals surface area contributed by atoms with Gasteiger partial charge in [-0.25, -0.2) is 0 Å². The molecule has 1 rings (SSSR count). The van der Waals surface area contributed by atoms with Crippen molar-refractivity contribution in [2.45, 2.75) is 12.7 Å². The number of hydrogen-bond donors (Lipinski definition) is 1. The Morgan fingerprint density at radius 3 is 1.95 bits per heavy atom. The van der Waals surface area contributed by atoms with Gasteiger partial charge in [0.1, 0.15) is 0 Å². The lowest BCUT2D eigenvalue weighted by Crippen LogP contribution is -2.36. The highest BCUT2D eigenvalue weighted by molar-refractivity contribution is 5.81. The summed E-state index contributed by atoms with van der Waals surface area (Å²) in [6.45, 7) is -0.310. The van der Waals surface area contributed by atoms with Crippen LogP contribution >= 0.6 is 0 Å². The molecule has 0 unspecified atom stereocenters. The van der Waals surface area contributed by atoms with Crippen LogP contribution in [0.4, 0.5) is 13.2 Å². The van der Waals surface area contributed by atoms with Gasteiger partial charge in [0.25, 0.3) is 0 Å². The fourth-order valence-corrected chi connectivity index (χ4v) is 1.52. The fourth-order valence-electron chi connectivity index (χ4n) is 1.52. The van der Waals surface area contributed by atoms with Crippen LogP contribution in [0.3, 0.4) is 0 Å². The van der Waals surface area contributed by atoms with Crippen LogP contribution in [0.2, 0.25) is 0 Å². The molecule has 0 heterocycles. The minimum Gasteiger partial charge on any atom is -0.493 e. The molecule has 0 aliphatic heterocycles. The number of nitrogens with one attached hydrogen (secondary N) is 1. The third-order valence-corrected chi connectivity index (χ3v) is 2.44. The van der Waals surface area contributed by atoms with Crippen LogP contribution in [0.1, 0.15) is 5.56 Å². The summed E-state index contributed by atoms with van der Waals surface area (Å²) in [5.41, 5.74) is 0.386. The number of rotatable bonds is 5. The van der Waals surface area contributed by atoms with E-state index in [0.29, 0.717) is 22.8 Å². The Bertz CT molecular complexity index is 463. The second-order valence-corrected chi connectivity index (χ2v) is 3.71. The summed E-state index contributed by atoms with van der Waals surface area (Å²) in [5.74, 6) is -1.10. The first-order valence-corrected chi connectivity index (χ1v) is 5.47. The second-order valence-electron chi connectivity index (χ2n) is 3.71. The lowest BCUT2D eigenvalue weighted by atomic mass is 10.1. The van der Waals surface area contributed by atoms with Gasteiger partial charge in [-0.05, 0) is 17.7 Å². The molecule has 0 radical (unpaired) electrons. The zero-order valence-electron chi connectivity index (χ0n) is 11.1. The van der Waals surface area contributed by atoms with E-state index >= 15 is 0 Å². The first-order valence-electron chi connectivity index (χ1n) is 5.47. The smallest absolute Gasteiger partial charge is 0.471 e. The van der Waals surface area contributed by atoms with Gasteiger partial charge in [-0.3, -0.25) is 4.79 Å². The largest absolute Gasteiger partial charge is 0.493 e. The summed E-state index contributed by atoms with van der Waals surface area (Å²) < 4.78 is 51.4. The summed E-state index contributed by atoms with van der Waals surface area (Å²) in [7, 11) is 4.18. The molecule has 0 spiro atoms. The predicted octanol–water partition coefficient (Wildman–Crippen LogP) is 1.89. The molecule has 112 valence electrons. The third-order valence-electron chi connectivity index (χ3n) is 2.44. The first-order chi connectivity index (χ1) is 9.33. The van der Waals surface area contributed by atoms with E-state index in [1.165, 1.54) is 33.5 Å². The average molecular weight is 293 g/mol. The molecule has 1 aromatic rings. The quantitative estimate of drug-likeness (QED) is 0.900. The Labute approximate surface area is 113 Å². The number of benzene rings is 1. The highest BCUT2D eigenvalue weighted by Gasteiger charge is 2.38. The minimum atomic E-state index is -4.92. The molecule has 1 aromatic carbocycles. The van der Waals surface area contributed by atoms with E-state index in [1.54, 1.807) is 5.32 Å². The zero-order chi connectivity index (χ0) is 15.3. The first kappa shape index (κ1) is 15.9. The van der Waals surface area contributed by atoms with Crippen molar-refractivity contribution >= 4 is 5.91 Å². The molecule has 0 fully saturated rings. The zero-order valence-corrected chi connectivity index (χ0v) is 11.1. The summed E-state index contributed by atoms with van der Waals surface area (Å²) in [6.07, 6.45) is -4.92. The van der Waals surface area contributed by atoms with Gasteiger partial charge < -0.3 is 19.5 Å². The molecule has 1 N–H and O–H groups in total. The van der Waals surface area contributed by atoms with Gasteiger partial charge in [0.15, 0.2) is 11.5 Å². The molecule has 8 heteroatoms. The summed E-state index contributed by atoms with van der Waals surface area (Å²) in [4.78, 5) is 10.7. The van der Waals surface area contributed by atoms with Crippen molar-refractivity contribution in [1.29, 1.82) is 0 Å². The van der Waals surface area contributed by atoms with Crippen LogP contribution in [-0.2, 0) is 11.3 Å². The maximum Gasteiger partial charge on any atom is 0.471 e.